The fraction of sp³-hybridized carbons (Fsp3) is 0.750. The van der Waals surface area contributed by atoms with Crippen LogP contribution in [0.2, 0.25) is 0 Å². The largest absolute Gasteiger partial charge is 0.481 e. The van der Waals surface area contributed by atoms with Crippen LogP contribution < -0.4 is 12.3 Å². The van der Waals surface area contributed by atoms with Crippen LogP contribution in [-0.4, -0.2) is 22.2 Å². The SMILES string of the molecule is CC(CC(=O)O)C(C)(C)C(=O)O.N.N. The summed E-state index contributed by atoms with van der Waals surface area (Å²) in [6.45, 7) is 4.69. The molecular weight excluding hydrogens is 188 g/mol. The average Bonchev–Trinajstić information content (AvgIpc) is 1.85. The monoisotopic (exact) mass is 208 g/mol. The summed E-state index contributed by atoms with van der Waals surface area (Å²) < 4.78 is 0. The molecule has 1 unspecified atom stereocenters. The second kappa shape index (κ2) is 6.33. The highest BCUT2D eigenvalue weighted by molar-refractivity contribution is 5.75. The van der Waals surface area contributed by atoms with E-state index in [1.165, 1.54) is 13.8 Å². The van der Waals surface area contributed by atoms with Crippen molar-refractivity contribution in [2.24, 2.45) is 11.3 Å². The molecule has 0 aliphatic rings. The molecule has 0 aliphatic heterocycles. The molecule has 8 N–H and O–H groups in total. The van der Waals surface area contributed by atoms with E-state index in [1.807, 2.05) is 0 Å². The molecule has 0 amide bonds. The summed E-state index contributed by atoms with van der Waals surface area (Å²) in [5.74, 6) is -2.29. The first-order valence-corrected chi connectivity index (χ1v) is 3.73. The molecule has 14 heavy (non-hydrogen) atoms. The minimum atomic E-state index is -0.974. The average molecular weight is 208 g/mol. The van der Waals surface area contributed by atoms with Crippen molar-refractivity contribution < 1.29 is 19.8 Å². The first-order valence-electron chi connectivity index (χ1n) is 3.73. The van der Waals surface area contributed by atoms with E-state index in [1.54, 1.807) is 6.92 Å². The molecule has 0 radical (unpaired) electrons. The van der Waals surface area contributed by atoms with Gasteiger partial charge in [-0.3, -0.25) is 9.59 Å². The Bertz CT molecular complexity index is 204. The van der Waals surface area contributed by atoms with Gasteiger partial charge in [-0.05, 0) is 19.8 Å². The Hall–Kier alpha value is -1.14. The molecule has 0 spiro atoms. The van der Waals surface area contributed by atoms with Crippen LogP contribution in [-0.2, 0) is 9.59 Å². The van der Waals surface area contributed by atoms with Crippen LogP contribution >= 0.6 is 0 Å². The Morgan fingerprint density at radius 2 is 1.57 bits per heavy atom. The topological polar surface area (TPSA) is 145 Å². The highest BCUT2D eigenvalue weighted by atomic mass is 16.4. The van der Waals surface area contributed by atoms with Gasteiger partial charge in [0.2, 0.25) is 0 Å². The third-order valence-electron chi connectivity index (χ3n) is 2.26. The fourth-order valence-electron chi connectivity index (χ4n) is 0.728. The van der Waals surface area contributed by atoms with E-state index in [0.717, 1.165) is 0 Å². The number of carboxylic acids is 2. The minimum Gasteiger partial charge on any atom is -0.481 e. The maximum atomic E-state index is 10.7. The van der Waals surface area contributed by atoms with Crippen molar-refractivity contribution in [3.63, 3.8) is 0 Å². The van der Waals surface area contributed by atoms with E-state index in [-0.39, 0.29) is 24.6 Å². The maximum absolute atomic E-state index is 10.7. The zero-order valence-electron chi connectivity index (χ0n) is 8.91. The summed E-state index contributed by atoms with van der Waals surface area (Å²) in [5, 5.41) is 17.2. The quantitative estimate of drug-likeness (QED) is 0.551. The molecular formula is C8H20N2O4. The van der Waals surface area contributed by atoms with E-state index in [0.29, 0.717) is 0 Å². The molecule has 0 aliphatic carbocycles. The molecule has 6 nitrogen and oxygen atoms in total. The Morgan fingerprint density at radius 3 is 1.79 bits per heavy atom. The van der Waals surface area contributed by atoms with Gasteiger partial charge in [-0.15, -0.1) is 0 Å². The van der Waals surface area contributed by atoms with Crippen molar-refractivity contribution in [2.75, 3.05) is 0 Å². The third kappa shape index (κ3) is 4.78. The zero-order valence-corrected chi connectivity index (χ0v) is 8.91. The number of carbonyl (C=O) groups is 2. The van der Waals surface area contributed by atoms with Gasteiger partial charge in [-0.25, -0.2) is 0 Å². The van der Waals surface area contributed by atoms with Gasteiger partial charge in [0.05, 0.1) is 5.41 Å². The standard InChI is InChI=1S/C8H14O4.2H3N/c1-5(4-6(9)10)8(2,3)7(11)12;;/h5H,4H2,1-3H3,(H,9,10)(H,11,12);2*1H3. The van der Waals surface area contributed by atoms with Gasteiger partial charge < -0.3 is 22.5 Å². The number of carboxylic acid groups (broad SMARTS) is 2. The predicted molar refractivity (Wildman–Crippen MR) is 52.9 cm³/mol. The summed E-state index contributed by atoms with van der Waals surface area (Å²) in [7, 11) is 0. The Morgan fingerprint density at radius 1 is 1.21 bits per heavy atom. The molecule has 0 saturated carbocycles. The lowest BCUT2D eigenvalue weighted by Gasteiger charge is -2.25. The summed E-state index contributed by atoms with van der Waals surface area (Å²) in [6, 6.07) is 0. The molecule has 86 valence electrons. The molecule has 0 fully saturated rings. The van der Waals surface area contributed by atoms with Crippen molar-refractivity contribution in [3.05, 3.63) is 0 Å². The lowest BCUT2D eigenvalue weighted by Crippen LogP contribution is -2.32. The van der Waals surface area contributed by atoms with Gasteiger partial charge in [-0.1, -0.05) is 6.92 Å². The first kappa shape index (κ1) is 18.6. The lowest BCUT2D eigenvalue weighted by molar-refractivity contribution is -0.151. The van der Waals surface area contributed by atoms with Crippen molar-refractivity contribution >= 4 is 11.9 Å². The van der Waals surface area contributed by atoms with E-state index < -0.39 is 17.4 Å². The van der Waals surface area contributed by atoms with Gasteiger partial charge in [0.25, 0.3) is 0 Å². The highest BCUT2D eigenvalue weighted by Crippen LogP contribution is 2.29. The summed E-state index contributed by atoms with van der Waals surface area (Å²) in [4.78, 5) is 20.9. The summed E-state index contributed by atoms with van der Waals surface area (Å²) >= 11 is 0. The van der Waals surface area contributed by atoms with Crippen molar-refractivity contribution in [2.45, 2.75) is 27.2 Å². The second-order valence-corrected chi connectivity index (χ2v) is 3.53. The zero-order chi connectivity index (χ0) is 9.94. The van der Waals surface area contributed by atoms with Crippen LogP contribution in [0.5, 0.6) is 0 Å². The summed E-state index contributed by atoms with van der Waals surface area (Å²) in [5.41, 5.74) is -0.974. The Kier molecular flexibility index (Phi) is 8.42. The predicted octanol–water partition coefficient (Wildman–Crippen LogP) is 1.53. The first-order chi connectivity index (χ1) is 5.28. The Balaban J connectivity index is -0.000000605. The van der Waals surface area contributed by atoms with Crippen LogP contribution in [0.4, 0.5) is 0 Å². The van der Waals surface area contributed by atoms with Crippen LogP contribution in [0.1, 0.15) is 27.2 Å². The smallest absolute Gasteiger partial charge is 0.309 e. The number of hydrogen-bond donors (Lipinski definition) is 4. The number of rotatable bonds is 4. The van der Waals surface area contributed by atoms with Crippen molar-refractivity contribution in [1.82, 2.24) is 12.3 Å². The number of aliphatic carboxylic acids is 2. The highest BCUT2D eigenvalue weighted by Gasteiger charge is 2.34. The molecule has 0 saturated heterocycles. The fourth-order valence-corrected chi connectivity index (χ4v) is 0.728. The molecule has 0 aromatic heterocycles. The molecule has 6 heteroatoms. The minimum absolute atomic E-state index is 0. The maximum Gasteiger partial charge on any atom is 0.309 e. The molecule has 0 bridgehead atoms. The van der Waals surface area contributed by atoms with E-state index in [4.69, 9.17) is 10.2 Å². The molecule has 0 heterocycles. The van der Waals surface area contributed by atoms with Crippen LogP contribution in [0.15, 0.2) is 0 Å². The van der Waals surface area contributed by atoms with Crippen LogP contribution in [0.3, 0.4) is 0 Å². The third-order valence-corrected chi connectivity index (χ3v) is 2.26. The van der Waals surface area contributed by atoms with Crippen LogP contribution in [0.25, 0.3) is 0 Å². The second-order valence-electron chi connectivity index (χ2n) is 3.53. The van der Waals surface area contributed by atoms with E-state index in [2.05, 4.69) is 0 Å². The molecule has 0 rings (SSSR count). The van der Waals surface area contributed by atoms with Crippen LogP contribution in [0, 0.1) is 11.3 Å². The van der Waals surface area contributed by atoms with Gasteiger partial charge in [0, 0.05) is 6.42 Å². The molecule has 0 aromatic carbocycles. The number of hydrogen-bond acceptors (Lipinski definition) is 4. The lowest BCUT2D eigenvalue weighted by atomic mass is 9.78. The van der Waals surface area contributed by atoms with E-state index in [9.17, 15) is 9.59 Å². The van der Waals surface area contributed by atoms with Gasteiger partial charge >= 0.3 is 11.9 Å². The van der Waals surface area contributed by atoms with Crippen molar-refractivity contribution in [1.29, 1.82) is 0 Å². The van der Waals surface area contributed by atoms with Crippen molar-refractivity contribution in [3.8, 4) is 0 Å². The molecule has 0 aromatic rings. The van der Waals surface area contributed by atoms with Gasteiger partial charge in [0.1, 0.15) is 0 Å². The molecule has 1 atom stereocenters. The van der Waals surface area contributed by atoms with Gasteiger partial charge in [-0.2, -0.15) is 0 Å². The van der Waals surface area contributed by atoms with E-state index >= 15 is 0 Å². The summed E-state index contributed by atoms with van der Waals surface area (Å²) in [6.07, 6.45) is -0.112. The normalized spacial score (nSPS) is 11.9. The van der Waals surface area contributed by atoms with Gasteiger partial charge in [0.15, 0.2) is 0 Å². The Labute approximate surface area is 83.5 Å².